The van der Waals surface area contributed by atoms with E-state index in [2.05, 4.69) is 53.7 Å². The predicted octanol–water partition coefficient (Wildman–Crippen LogP) is 3.24. The Kier molecular flexibility index (Phi) is 4.75. The van der Waals surface area contributed by atoms with Crippen LogP contribution in [0.25, 0.3) is 11.0 Å². The van der Waals surface area contributed by atoms with Gasteiger partial charge < -0.3 is 9.88 Å². The molecular formula is C20H21N3O. The number of fused-ring (bicyclic) bond motifs is 1. The maximum absolute atomic E-state index is 11.3. The average Bonchev–Trinajstić information content (AvgIpc) is 2.94. The molecule has 4 nitrogen and oxygen atoms in total. The molecule has 0 aliphatic heterocycles. The summed E-state index contributed by atoms with van der Waals surface area (Å²) in [5, 5.41) is 2.82. The Balaban J connectivity index is 1.91. The molecule has 0 aliphatic carbocycles. The van der Waals surface area contributed by atoms with E-state index in [0.29, 0.717) is 13.0 Å². The fraction of sp³-hybridized carbons (Fsp3) is 0.200. The minimum Gasteiger partial charge on any atom is -0.352 e. The Bertz CT molecular complexity index is 879. The minimum absolute atomic E-state index is 0.156. The van der Waals surface area contributed by atoms with E-state index in [9.17, 15) is 4.79 Å². The van der Waals surface area contributed by atoms with E-state index in [4.69, 9.17) is 4.98 Å². The van der Waals surface area contributed by atoms with Gasteiger partial charge in [-0.25, -0.2) is 4.98 Å². The fourth-order valence-corrected chi connectivity index (χ4v) is 2.82. The summed E-state index contributed by atoms with van der Waals surface area (Å²) in [5.41, 5.74) is 4.64. The molecule has 0 saturated carbocycles. The van der Waals surface area contributed by atoms with Crippen molar-refractivity contribution in [2.24, 2.45) is 0 Å². The fourth-order valence-electron chi connectivity index (χ4n) is 2.82. The van der Waals surface area contributed by atoms with E-state index in [-0.39, 0.29) is 5.91 Å². The van der Waals surface area contributed by atoms with Gasteiger partial charge >= 0.3 is 0 Å². The van der Waals surface area contributed by atoms with Crippen LogP contribution >= 0.6 is 0 Å². The molecule has 1 heterocycles. The number of hydrogen-bond donors (Lipinski definition) is 1. The molecule has 4 heteroatoms. The quantitative estimate of drug-likeness (QED) is 0.709. The van der Waals surface area contributed by atoms with Crippen molar-refractivity contribution >= 4 is 16.9 Å². The third-order valence-corrected chi connectivity index (χ3v) is 4.16. The molecule has 0 saturated heterocycles. The number of hydrogen-bond acceptors (Lipinski definition) is 2. The summed E-state index contributed by atoms with van der Waals surface area (Å²) < 4.78 is 2.23. The monoisotopic (exact) mass is 319 g/mol. The maximum Gasteiger partial charge on any atom is 0.243 e. The zero-order valence-corrected chi connectivity index (χ0v) is 13.8. The van der Waals surface area contributed by atoms with E-state index in [1.54, 1.807) is 0 Å². The highest BCUT2D eigenvalue weighted by molar-refractivity contribution is 5.86. The zero-order valence-electron chi connectivity index (χ0n) is 13.8. The molecular weight excluding hydrogens is 298 g/mol. The number of benzene rings is 2. The smallest absolute Gasteiger partial charge is 0.243 e. The van der Waals surface area contributed by atoms with Gasteiger partial charge in [0.05, 0.1) is 11.0 Å². The summed E-state index contributed by atoms with van der Waals surface area (Å²) >= 11 is 0. The second kappa shape index (κ2) is 7.13. The zero-order chi connectivity index (χ0) is 16.9. The summed E-state index contributed by atoms with van der Waals surface area (Å²) in [5.74, 6) is 0.820. The standard InChI is InChI=1S/C20H21N3O/c1-3-20(24)21-13-12-19-22-17-10-6-7-11-18(17)23(19)14-16-9-5-4-8-15(16)2/h3-11H,1,12-14H2,2H3,(H,21,24). The van der Waals surface area contributed by atoms with Crippen molar-refractivity contribution in [3.05, 3.63) is 78.1 Å². The molecule has 2 aromatic carbocycles. The Labute approximate surface area is 141 Å². The van der Waals surface area contributed by atoms with Crippen molar-refractivity contribution < 1.29 is 4.79 Å². The SMILES string of the molecule is C=CC(=O)NCCc1nc2ccccc2n1Cc1ccccc1C. The van der Waals surface area contributed by atoms with Gasteiger partial charge in [0.1, 0.15) is 5.82 Å². The molecule has 3 rings (SSSR count). The van der Waals surface area contributed by atoms with Crippen LogP contribution in [0.5, 0.6) is 0 Å². The number of carbonyl (C=O) groups is 1. The van der Waals surface area contributed by atoms with Crippen LogP contribution in [0.15, 0.2) is 61.2 Å². The first-order chi connectivity index (χ1) is 11.7. The molecule has 24 heavy (non-hydrogen) atoms. The lowest BCUT2D eigenvalue weighted by Gasteiger charge is -2.11. The van der Waals surface area contributed by atoms with Crippen molar-refractivity contribution in [3.63, 3.8) is 0 Å². The number of nitrogens with zero attached hydrogens (tertiary/aromatic N) is 2. The van der Waals surface area contributed by atoms with Crippen molar-refractivity contribution in [1.29, 1.82) is 0 Å². The second-order valence-corrected chi connectivity index (χ2v) is 5.77. The van der Waals surface area contributed by atoms with Crippen molar-refractivity contribution in [2.45, 2.75) is 19.9 Å². The topological polar surface area (TPSA) is 46.9 Å². The van der Waals surface area contributed by atoms with Gasteiger partial charge in [-0.15, -0.1) is 0 Å². The molecule has 0 spiro atoms. The van der Waals surface area contributed by atoms with Crippen molar-refractivity contribution in [1.82, 2.24) is 14.9 Å². The molecule has 0 radical (unpaired) electrons. The lowest BCUT2D eigenvalue weighted by Crippen LogP contribution is -2.24. The molecule has 0 fully saturated rings. The van der Waals surface area contributed by atoms with Gasteiger partial charge in [-0.1, -0.05) is 43.0 Å². The number of aryl methyl sites for hydroxylation is 1. The normalized spacial score (nSPS) is 10.7. The van der Waals surface area contributed by atoms with Crippen LogP contribution in [0.4, 0.5) is 0 Å². The number of para-hydroxylation sites is 2. The Morgan fingerprint density at radius 1 is 1.21 bits per heavy atom. The number of aromatic nitrogens is 2. The highest BCUT2D eigenvalue weighted by atomic mass is 16.1. The van der Waals surface area contributed by atoms with E-state index in [0.717, 1.165) is 23.4 Å². The van der Waals surface area contributed by atoms with Crippen molar-refractivity contribution in [2.75, 3.05) is 6.54 Å². The molecule has 0 bridgehead atoms. The Morgan fingerprint density at radius 2 is 1.96 bits per heavy atom. The Morgan fingerprint density at radius 3 is 2.75 bits per heavy atom. The van der Waals surface area contributed by atoms with Gasteiger partial charge in [-0.05, 0) is 36.3 Å². The first-order valence-corrected chi connectivity index (χ1v) is 8.08. The van der Waals surface area contributed by atoms with Gasteiger partial charge in [0.15, 0.2) is 0 Å². The number of amides is 1. The lowest BCUT2D eigenvalue weighted by atomic mass is 10.1. The van der Waals surface area contributed by atoms with Gasteiger partial charge in [0.25, 0.3) is 0 Å². The molecule has 1 N–H and O–H groups in total. The number of carbonyl (C=O) groups excluding carboxylic acids is 1. The van der Waals surface area contributed by atoms with Crippen LogP contribution in [0.1, 0.15) is 17.0 Å². The van der Waals surface area contributed by atoms with Crippen LogP contribution in [0.2, 0.25) is 0 Å². The lowest BCUT2D eigenvalue weighted by molar-refractivity contribution is -0.116. The highest BCUT2D eigenvalue weighted by Crippen LogP contribution is 2.19. The molecule has 0 unspecified atom stereocenters. The first-order valence-electron chi connectivity index (χ1n) is 8.08. The van der Waals surface area contributed by atoms with Crippen LogP contribution in [-0.4, -0.2) is 22.0 Å². The minimum atomic E-state index is -0.156. The van der Waals surface area contributed by atoms with Gasteiger partial charge in [-0.3, -0.25) is 4.79 Å². The largest absolute Gasteiger partial charge is 0.352 e. The molecule has 1 aromatic heterocycles. The third-order valence-electron chi connectivity index (χ3n) is 4.16. The number of nitrogens with one attached hydrogen (secondary N) is 1. The highest BCUT2D eigenvalue weighted by Gasteiger charge is 2.11. The first kappa shape index (κ1) is 16.0. The van der Waals surface area contributed by atoms with Gasteiger partial charge in [0.2, 0.25) is 5.91 Å². The van der Waals surface area contributed by atoms with Gasteiger partial charge in [0, 0.05) is 19.5 Å². The number of imidazole rings is 1. The summed E-state index contributed by atoms with van der Waals surface area (Å²) in [4.78, 5) is 16.1. The number of rotatable bonds is 6. The van der Waals surface area contributed by atoms with E-state index >= 15 is 0 Å². The van der Waals surface area contributed by atoms with E-state index in [1.165, 1.54) is 17.2 Å². The summed E-state index contributed by atoms with van der Waals surface area (Å²) in [7, 11) is 0. The molecule has 0 aliphatic rings. The molecule has 0 atom stereocenters. The molecule has 122 valence electrons. The van der Waals surface area contributed by atoms with Gasteiger partial charge in [-0.2, -0.15) is 0 Å². The van der Waals surface area contributed by atoms with Crippen LogP contribution in [-0.2, 0) is 17.8 Å². The predicted molar refractivity (Wildman–Crippen MR) is 96.9 cm³/mol. The summed E-state index contributed by atoms with van der Waals surface area (Å²) in [6, 6.07) is 16.5. The Hall–Kier alpha value is -2.88. The van der Waals surface area contributed by atoms with Crippen LogP contribution < -0.4 is 5.32 Å². The second-order valence-electron chi connectivity index (χ2n) is 5.77. The summed E-state index contributed by atoms with van der Waals surface area (Å²) in [6.07, 6.45) is 1.97. The van der Waals surface area contributed by atoms with E-state index in [1.807, 2.05) is 18.2 Å². The van der Waals surface area contributed by atoms with Crippen LogP contribution in [0.3, 0.4) is 0 Å². The molecule has 1 amide bonds. The molecule has 3 aromatic rings. The van der Waals surface area contributed by atoms with Crippen LogP contribution in [0, 0.1) is 6.92 Å². The average molecular weight is 319 g/mol. The third kappa shape index (κ3) is 3.38. The summed E-state index contributed by atoms with van der Waals surface area (Å²) in [6.45, 7) is 6.91. The van der Waals surface area contributed by atoms with E-state index < -0.39 is 0 Å². The van der Waals surface area contributed by atoms with Crippen molar-refractivity contribution in [3.8, 4) is 0 Å². The maximum atomic E-state index is 11.3.